The van der Waals surface area contributed by atoms with E-state index in [0.29, 0.717) is 4.68 Å². The van der Waals surface area contributed by atoms with Crippen LogP contribution in [-0.4, -0.2) is 42.3 Å². The summed E-state index contributed by atoms with van der Waals surface area (Å²) in [6, 6.07) is 6.98. The fraction of sp³-hybridized carbons (Fsp3) is 0.471. The second kappa shape index (κ2) is 8.24. The van der Waals surface area contributed by atoms with Crippen LogP contribution in [0, 0.1) is 13.8 Å². The van der Waals surface area contributed by atoms with Crippen LogP contribution in [0.3, 0.4) is 0 Å². The number of halogens is 2. The van der Waals surface area contributed by atoms with E-state index in [4.69, 9.17) is 4.74 Å². The molecule has 144 valence electrons. The minimum absolute atomic E-state index is 0.0983. The van der Waals surface area contributed by atoms with Crippen molar-refractivity contribution in [3.05, 3.63) is 47.3 Å². The van der Waals surface area contributed by atoms with Crippen molar-refractivity contribution >= 4 is 10.0 Å². The van der Waals surface area contributed by atoms with Gasteiger partial charge in [-0.25, -0.2) is 13.1 Å². The molecule has 0 N–H and O–H groups in total. The molecule has 1 atom stereocenters. The summed E-state index contributed by atoms with van der Waals surface area (Å²) in [5.74, 6) is 0. The lowest BCUT2D eigenvalue weighted by Crippen LogP contribution is -2.40. The fourth-order valence-electron chi connectivity index (χ4n) is 2.78. The van der Waals surface area contributed by atoms with Gasteiger partial charge in [0.1, 0.15) is 4.90 Å². The number of nitrogens with zero attached hydrogens (tertiary/aromatic N) is 3. The minimum atomic E-state index is -4.04. The first-order valence-corrected chi connectivity index (χ1v) is 9.51. The van der Waals surface area contributed by atoms with E-state index in [1.54, 1.807) is 6.92 Å². The first-order chi connectivity index (χ1) is 12.2. The summed E-state index contributed by atoms with van der Waals surface area (Å²) < 4.78 is 59.0. The summed E-state index contributed by atoms with van der Waals surface area (Å²) in [5, 5.41) is 3.52. The number of aromatic nitrogens is 2. The number of rotatable bonds is 8. The highest BCUT2D eigenvalue weighted by Gasteiger charge is 2.33. The molecule has 0 saturated heterocycles. The van der Waals surface area contributed by atoms with Gasteiger partial charge in [0.15, 0.2) is 0 Å². The molecule has 2 aromatic rings. The summed E-state index contributed by atoms with van der Waals surface area (Å²) in [7, 11) is -2.56. The zero-order chi connectivity index (χ0) is 19.5. The maximum absolute atomic E-state index is 13.2. The highest BCUT2D eigenvalue weighted by atomic mass is 32.2. The highest BCUT2D eigenvalue weighted by molar-refractivity contribution is 7.89. The Hall–Kier alpha value is -1.84. The summed E-state index contributed by atoms with van der Waals surface area (Å²) in [6.07, 6.45) is 0.972. The van der Waals surface area contributed by atoms with Gasteiger partial charge in [0.05, 0.1) is 18.5 Å². The van der Waals surface area contributed by atoms with Crippen LogP contribution >= 0.6 is 0 Å². The monoisotopic (exact) mass is 387 g/mol. The van der Waals surface area contributed by atoms with Gasteiger partial charge >= 0.3 is 6.55 Å². The SMILES string of the molecule is COCC(C)N(Cc1cccc(C)c1)S(=O)(=O)c1cnn(C(F)F)c1C. The minimum Gasteiger partial charge on any atom is -0.383 e. The predicted molar refractivity (Wildman–Crippen MR) is 93.5 cm³/mol. The third-order valence-corrected chi connectivity index (χ3v) is 6.15. The van der Waals surface area contributed by atoms with E-state index >= 15 is 0 Å². The molecule has 1 aromatic heterocycles. The van der Waals surface area contributed by atoms with Crippen LogP contribution in [0.4, 0.5) is 8.78 Å². The fourth-order valence-corrected chi connectivity index (χ4v) is 4.53. The Bertz CT molecular complexity index is 853. The molecule has 2 rings (SSSR count). The van der Waals surface area contributed by atoms with E-state index in [0.717, 1.165) is 17.3 Å². The second-order valence-corrected chi connectivity index (χ2v) is 8.02. The van der Waals surface area contributed by atoms with E-state index in [1.807, 2.05) is 31.2 Å². The lowest BCUT2D eigenvalue weighted by atomic mass is 10.1. The maximum atomic E-state index is 13.2. The van der Waals surface area contributed by atoms with Crippen molar-refractivity contribution in [2.24, 2.45) is 0 Å². The van der Waals surface area contributed by atoms with Crippen molar-refractivity contribution in [2.75, 3.05) is 13.7 Å². The summed E-state index contributed by atoms with van der Waals surface area (Å²) >= 11 is 0. The Balaban J connectivity index is 2.46. The lowest BCUT2D eigenvalue weighted by molar-refractivity contribution is 0.0541. The van der Waals surface area contributed by atoms with E-state index in [9.17, 15) is 17.2 Å². The molecule has 0 aliphatic heterocycles. The van der Waals surface area contributed by atoms with Crippen molar-refractivity contribution in [3.63, 3.8) is 0 Å². The summed E-state index contributed by atoms with van der Waals surface area (Å²) in [4.78, 5) is -0.228. The number of alkyl halides is 2. The predicted octanol–water partition coefficient (Wildman–Crippen LogP) is 3.12. The molecule has 0 spiro atoms. The number of methoxy groups -OCH3 is 1. The molecule has 0 aliphatic carbocycles. The van der Waals surface area contributed by atoms with Gasteiger partial charge in [-0.2, -0.15) is 18.2 Å². The van der Waals surface area contributed by atoms with Gasteiger partial charge in [-0.1, -0.05) is 29.8 Å². The average molecular weight is 387 g/mol. The number of ether oxygens (including phenoxy) is 1. The van der Waals surface area contributed by atoms with Gasteiger partial charge in [0, 0.05) is 19.7 Å². The van der Waals surface area contributed by atoms with Gasteiger partial charge in [0.2, 0.25) is 10.0 Å². The highest BCUT2D eigenvalue weighted by Crippen LogP contribution is 2.26. The Morgan fingerprint density at radius 3 is 2.54 bits per heavy atom. The van der Waals surface area contributed by atoms with E-state index in [1.165, 1.54) is 18.3 Å². The number of benzene rings is 1. The van der Waals surface area contributed by atoms with E-state index < -0.39 is 22.6 Å². The first-order valence-electron chi connectivity index (χ1n) is 8.07. The number of aryl methyl sites for hydroxylation is 1. The molecular weight excluding hydrogens is 364 g/mol. The molecule has 26 heavy (non-hydrogen) atoms. The van der Waals surface area contributed by atoms with Crippen molar-refractivity contribution in [2.45, 2.75) is 44.8 Å². The molecule has 6 nitrogen and oxygen atoms in total. The molecule has 1 aromatic carbocycles. The Morgan fingerprint density at radius 1 is 1.31 bits per heavy atom. The standard InChI is InChI=1S/C17H23F2N3O3S/c1-12-6-5-7-15(8-12)10-21(13(2)11-25-4)26(23,24)16-9-20-22(14(16)3)17(18)19/h5-9,13,17H,10-11H2,1-4H3. The average Bonchev–Trinajstić information content (AvgIpc) is 2.95. The van der Waals surface area contributed by atoms with Gasteiger partial charge in [0.25, 0.3) is 0 Å². The van der Waals surface area contributed by atoms with Crippen molar-refractivity contribution in [1.82, 2.24) is 14.1 Å². The van der Waals surface area contributed by atoms with Crippen LogP contribution in [-0.2, 0) is 21.3 Å². The zero-order valence-corrected chi connectivity index (χ0v) is 16.0. The second-order valence-electron chi connectivity index (χ2n) is 6.16. The van der Waals surface area contributed by atoms with Crippen LogP contribution in [0.15, 0.2) is 35.4 Å². The van der Waals surface area contributed by atoms with E-state index in [-0.39, 0.29) is 23.7 Å². The quantitative estimate of drug-likeness (QED) is 0.698. The largest absolute Gasteiger partial charge is 0.383 e. The molecule has 0 fully saturated rings. The molecule has 1 unspecified atom stereocenters. The number of hydrogen-bond donors (Lipinski definition) is 0. The van der Waals surface area contributed by atoms with E-state index in [2.05, 4.69) is 5.10 Å². The van der Waals surface area contributed by atoms with Gasteiger partial charge in [-0.3, -0.25) is 0 Å². The molecule has 0 saturated carbocycles. The van der Waals surface area contributed by atoms with Crippen molar-refractivity contribution < 1.29 is 21.9 Å². The maximum Gasteiger partial charge on any atom is 0.333 e. The van der Waals surface area contributed by atoms with Crippen molar-refractivity contribution in [1.29, 1.82) is 0 Å². The third kappa shape index (κ3) is 4.28. The summed E-state index contributed by atoms with van der Waals surface area (Å²) in [6.45, 7) is 2.32. The normalized spacial score (nSPS) is 13.5. The zero-order valence-electron chi connectivity index (χ0n) is 15.2. The number of sulfonamides is 1. The molecule has 0 radical (unpaired) electrons. The van der Waals surface area contributed by atoms with Gasteiger partial charge in [-0.05, 0) is 26.3 Å². The summed E-state index contributed by atoms with van der Waals surface area (Å²) in [5.41, 5.74) is 1.70. The van der Waals surface area contributed by atoms with Gasteiger partial charge in [-0.15, -0.1) is 0 Å². The number of hydrogen-bond acceptors (Lipinski definition) is 4. The molecule has 0 bridgehead atoms. The van der Waals surface area contributed by atoms with Crippen LogP contribution in [0.1, 0.15) is 30.3 Å². The smallest absolute Gasteiger partial charge is 0.333 e. The molecule has 0 aliphatic rings. The Morgan fingerprint density at radius 2 is 2.00 bits per heavy atom. The molecule has 0 amide bonds. The van der Waals surface area contributed by atoms with Crippen molar-refractivity contribution in [3.8, 4) is 0 Å². The molecule has 1 heterocycles. The first kappa shape index (κ1) is 20.5. The molecule has 9 heteroatoms. The third-order valence-electron chi connectivity index (χ3n) is 4.09. The topological polar surface area (TPSA) is 64.4 Å². The molecular formula is C17H23F2N3O3S. The van der Waals surface area contributed by atoms with Crippen LogP contribution in [0.25, 0.3) is 0 Å². The van der Waals surface area contributed by atoms with Gasteiger partial charge < -0.3 is 4.74 Å². The lowest BCUT2D eigenvalue weighted by Gasteiger charge is -2.28. The van der Waals surface area contributed by atoms with Crippen LogP contribution < -0.4 is 0 Å². The Kier molecular flexibility index (Phi) is 6.48. The van der Waals surface area contributed by atoms with Crippen LogP contribution in [0.5, 0.6) is 0 Å². The van der Waals surface area contributed by atoms with Crippen LogP contribution in [0.2, 0.25) is 0 Å². The Labute approximate surface area is 152 Å².